The largest absolute Gasteiger partial charge is 0.466 e. The summed E-state index contributed by atoms with van der Waals surface area (Å²) in [6, 6.07) is 8.48. The second-order valence-corrected chi connectivity index (χ2v) is 5.59. The summed E-state index contributed by atoms with van der Waals surface area (Å²) in [6.07, 6.45) is 5.18. The highest BCUT2D eigenvalue weighted by Crippen LogP contribution is 2.34. The Kier molecular flexibility index (Phi) is 5.60. The maximum Gasteiger partial charge on any atom is 0.308 e. The first-order chi connectivity index (χ1) is 9.69. The Morgan fingerprint density at radius 3 is 2.55 bits per heavy atom. The smallest absolute Gasteiger partial charge is 0.308 e. The second kappa shape index (κ2) is 7.44. The van der Waals surface area contributed by atoms with Gasteiger partial charge in [-0.05, 0) is 43.2 Å². The van der Waals surface area contributed by atoms with Crippen LogP contribution in [0, 0.1) is 0 Å². The summed E-state index contributed by atoms with van der Waals surface area (Å²) in [5.74, 6) is 0.385. The average molecular weight is 276 g/mol. The molecule has 1 fully saturated rings. The molecule has 1 aromatic carbocycles. The van der Waals surface area contributed by atoms with Crippen molar-refractivity contribution < 1.29 is 14.6 Å². The van der Waals surface area contributed by atoms with Crippen LogP contribution in [0.2, 0.25) is 0 Å². The van der Waals surface area contributed by atoms with Gasteiger partial charge in [0.15, 0.2) is 0 Å². The number of ether oxygens (including phenoxy) is 1. The molecule has 1 aliphatic rings. The number of esters is 1. The van der Waals surface area contributed by atoms with Crippen molar-refractivity contribution in [3.8, 4) is 0 Å². The Bertz CT molecular complexity index is 418. The Hall–Kier alpha value is -1.35. The number of hydrogen-bond donors (Lipinski definition) is 1. The van der Waals surface area contributed by atoms with Crippen molar-refractivity contribution in [3.63, 3.8) is 0 Å². The first-order valence-corrected chi connectivity index (χ1v) is 7.61. The van der Waals surface area contributed by atoms with Crippen molar-refractivity contribution in [2.75, 3.05) is 6.61 Å². The number of rotatable bonds is 6. The summed E-state index contributed by atoms with van der Waals surface area (Å²) in [5.41, 5.74) is 2.48. The van der Waals surface area contributed by atoms with Gasteiger partial charge in [-0.15, -0.1) is 0 Å². The van der Waals surface area contributed by atoms with E-state index in [0.717, 1.165) is 5.56 Å². The van der Waals surface area contributed by atoms with Crippen LogP contribution in [0.4, 0.5) is 0 Å². The lowest BCUT2D eigenvalue weighted by molar-refractivity contribution is -0.145. The molecule has 0 bridgehead atoms. The third-order valence-electron chi connectivity index (χ3n) is 3.99. The maximum atomic E-state index is 11.3. The van der Waals surface area contributed by atoms with Crippen molar-refractivity contribution in [2.45, 2.75) is 57.5 Å². The second-order valence-electron chi connectivity index (χ2n) is 5.59. The third kappa shape index (κ3) is 4.34. The first-order valence-electron chi connectivity index (χ1n) is 7.61. The molecule has 2 rings (SSSR count). The summed E-state index contributed by atoms with van der Waals surface area (Å²) in [5, 5.41) is 9.88. The molecule has 0 amide bonds. The average Bonchev–Trinajstić information content (AvgIpc) is 2.93. The van der Waals surface area contributed by atoms with Crippen LogP contribution in [0.1, 0.15) is 56.1 Å². The van der Waals surface area contributed by atoms with Gasteiger partial charge in [-0.25, -0.2) is 0 Å². The Morgan fingerprint density at radius 1 is 1.30 bits per heavy atom. The highest BCUT2D eigenvalue weighted by atomic mass is 16.5. The molecule has 0 saturated heterocycles. The van der Waals surface area contributed by atoms with Gasteiger partial charge in [0.05, 0.1) is 19.1 Å². The predicted molar refractivity (Wildman–Crippen MR) is 78.6 cm³/mol. The van der Waals surface area contributed by atoms with Gasteiger partial charge in [-0.2, -0.15) is 0 Å². The van der Waals surface area contributed by atoms with Crippen LogP contribution in [0.25, 0.3) is 0 Å². The highest BCUT2D eigenvalue weighted by molar-refractivity contribution is 5.69. The lowest BCUT2D eigenvalue weighted by atomic mass is 9.95. The van der Waals surface area contributed by atoms with Gasteiger partial charge >= 0.3 is 5.97 Å². The molecule has 0 heterocycles. The van der Waals surface area contributed by atoms with Crippen LogP contribution >= 0.6 is 0 Å². The number of aliphatic hydroxyl groups is 1. The lowest BCUT2D eigenvalue weighted by Crippen LogP contribution is -2.18. The number of carbonyl (C=O) groups excluding carboxylic acids is 1. The van der Waals surface area contributed by atoms with Crippen LogP contribution in [-0.4, -0.2) is 23.8 Å². The molecule has 1 atom stereocenters. The molecule has 1 aromatic rings. The Morgan fingerprint density at radius 2 is 1.95 bits per heavy atom. The van der Waals surface area contributed by atoms with E-state index in [1.165, 1.54) is 31.2 Å². The standard InChI is InChI=1S/C17H24O3/c1-2-20-17(19)12-16(18)11-13-7-9-15(10-8-13)14-5-3-4-6-14/h7-10,14,16,18H,2-6,11-12H2,1H3. The molecule has 3 nitrogen and oxygen atoms in total. The van der Waals surface area contributed by atoms with E-state index in [9.17, 15) is 9.90 Å². The van der Waals surface area contributed by atoms with Gasteiger partial charge in [0.25, 0.3) is 0 Å². The molecule has 20 heavy (non-hydrogen) atoms. The number of aliphatic hydroxyl groups excluding tert-OH is 1. The molecule has 3 heteroatoms. The van der Waals surface area contributed by atoms with Crippen LogP contribution in [-0.2, 0) is 16.0 Å². The topological polar surface area (TPSA) is 46.5 Å². The molecule has 0 aromatic heterocycles. The summed E-state index contributed by atoms with van der Waals surface area (Å²) in [4.78, 5) is 11.3. The molecule has 1 unspecified atom stereocenters. The molecule has 0 aliphatic heterocycles. The molecule has 0 spiro atoms. The minimum Gasteiger partial charge on any atom is -0.466 e. The lowest BCUT2D eigenvalue weighted by Gasteiger charge is -2.12. The molecule has 1 aliphatic carbocycles. The summed E-state index contributed by atoms with van der Waals surface area (Å²) < 4.78 is 4.84. The van der Waals surface area contributed by atoms with E-state index in [1.54, 1.807) is 6.92 Å². The van der Waals surface area contributed by atoms with E-state index in [1.807, 2.05) is 0 Å². The summed E-state index contributed by atoms with van der Waals surface area (Å²) >= 11 is 0. The Balaban J connectivity index is 1.85. The quantitative estimate of drug-likeness (QED) is 0.812. The number of hydrogen-bond acceptors (Lipinski definition) is 3. The highest BCUT2D eigenvalue weighted by Gasteiger charge is 2.17. The minimum atomic E-state index is -0.661. The molecule has 1 N–H and O–H groups in total. The fourth-order valence-electron chi connectivity index (χ4n) is 2.94. The van der Waals surface area contributed by atoms with Gasteiger partial charge < -0.3 is 9.84 Å². The number of carbonyl (C=O) groups is 1. The molecular formula is C17H24O3. The third-order valence-corrected chi connectivity index (χ3v) is 3.99. The van der Waals surface area contributed by atoms with Crippen molar-refractivity contribution in [3.05, 3.63) is 35.4 Å². The first kappa shape index (κ1) is 15.0. The molecular weight excluding hydrogens is 252 g/mol. The van der Waals surface area contributed by atoms with Crippen molar-refractivity contribution in [1.29, 1.82) is 0 Å². The van der Waals surface area contributed by atoms with Crippen LogP contribution < -0.4 is 0 Å². The maximum absolute atomic E-state index is 11.3. The van der Waals surface area contributed by atoms with Crippen LogP contribution in [0.5, 0.6) is 0 Å². The zero-order valence-corrected chi connectivity index (χ0v) is 12.2. The zero-order chi connectivity index (χ0) is 14.4. The SMILES string of the molecule is CCOC(=O)CC(O)Cc1ccc(C2CCCC2)cc1. The Labute approximate surface area is 121 Å². The van der Waals surface area contributed by atoms with E-state index in [2.05, 4.69) is 24.3 Å². The van der Waals surface area contributed by atoms with E-state index < -0.39 is 6.10 Å². The van der Waals surface area contributed by atoms with E-state index >= 15 is 0 Å². The predicted octanol–water partition coefficient (Wildman–Crippen LogP) is 3.20. The summed E-state index contributed by atoms with van der Waals surface area (Å²) in [7, 11) is 0. The van der Waals surface area contributed by atoms with Crippen molar-refractivity contribution >= 4 is 5.97 Å². The number of benzene rings is 1. The van der Waals surface area contributed by atoms with Crippen molar-refractivity contribution in [1.82, 2.24) is 0 Å². The molecule has 110 valence electrons. The van der Waals surface area contributed by atoms with Crippen molar-refractivity contribution in [2.24, 2.45) is 0 Å². The minimum absolute atomic E-state index is 0.0677. The van der Waals surface area contributed by atoms with Gasteiger partial charge in [-0.1, -0.05) is 37.1 Å². The van der Waals surface area contributed by atoms with Gasteiger partial charge in [-0.3, -0.25) is 4.79 Å². The monoisotopic (exact) mass is 276 g/mol. The van der Waals surface area contributed by atoms with Gasteiger partial charge in [0, 0.05) is 0 Å². The molecule has 1 saturated carbocycles. The zero-order valence-electron chi connectivity index (χ0n) is 12.2. The van der Waals surface area contributed by atoms with Crippen LogP contribution in [0.15, 0.2) is 24.3 Å². The normalized spacial score (nSPS) is 17.1. The fraction of sp³-hybridized carbons (Fsp3) is 0.588. The van der Waals surface area contributed by atoms with Crippen LogP contribution in [0.3, 0.4) is 0 Å². The van der Waals surface area contributed by atoms with E-state index in [-0.39, 0.29) is 12.4 Å². The van der Waals surface area contributed by atoms with Gasteiger partial charge in [0.1, 0.15) is 0 Å². The fourth-order valence-corrected chi connectivity index (χ4v) is 2.94. The van der Waals surface area contributed by atoms with Gasteiger partial charge in [0.2, 0.25) is 0 Å². The molecule has 0 radical (unpaired) electrons. The summed E-state index contributed by atoms with van der Waals surface area (Å²) in [6.45, 7) is 2.13. The van der Waals surface area contributed by atoms with E-state index in [4.69, 9.17) is 4.74 Å². The van der Waals surface area contributed by atoms with E-state index in [0.29, 0.717) is 18.9 Å².